The maximum absolute atomic E-state index is 13.0. The number of carbonyl (C=O) groups is 3. The summed E-state index contributed by atoms with van der Waals surface area (Å²) in [4.78, 5) is 37.7. The van der Waals surface area contributed by atoms with E-state index in [1.165, 1.54) is 372 Å². The molecule has 0 amide bonds. The van der Waals surface area contributed by atoms with Crippen LogP contribution in [-0.4, -0.2) is 87.4 Å². The lowest BCUT2D eigenvalue weighted by Gasteiger charge is -2.25. The largest absolute Gasteiger partial charge is 0.477 e. The Morgan fingerprint density at radius 2 is 0.560 bits per heavy atom. The number of hydrogen-bond acceptors (Lipinski definition) is 7. The highest BCUT2D eigenvalue weighted by Crippen LogP contribution is 2.21. The number of esters is 2. The molecule has 0 aromatic carbocycles. The van der Waals surface area contributed by atoms with Crippen LogP contribution in [0.5, 0.6) is 0 Å². The highest BCUT2D eigenvalue weighted by molar-refractivity contribution is 5.71. The summed E-state index contributed by atoms with van der Waals surface area (Å²) in [7, 11) is 6.00. The van der Waals surface area contributed by atoms with Crippen molar-refractivity contribution in [2.24, 2.45) is 0 Å². The number of rotatable bonds is 78. The molecule has 0 saturated heterocycles. The van der Waals surface area contributed by atoms with E-state index >= 15 is 0 Å². The van der Waals surface area contributed by atoms with Crippen molar-refractivity contribution >= 4 is 17.9 Å². The fraction of sp³-hybridized carbons (Fsp3) is 0.939. The smallest absolute Gasteiger partial charge is 0.361 e. The van der Waals surface area contributed by atoms with Crippen molar-refractivity contribution < 1.29 is 42.9 Å². The monoisotopic (exact) mass is 1290 g/mol. The van der Waals surface area contributed by atoms with Gasteiger partial charge in [-0.2, -0.15) is 0 Å². The molecule has 9 nitrogen and oxygen atoms in total. The van der Waals surface area contributed by atoms with E-state index in [-0.39, 0.29) is 38.2 Å². The highest BCUT2D eigenvalue weighted by atomic mass is 16.7. The number of quaternary nitrogens is 1. The molecular formula is C82H160NO8+. The Hall–Kier alpha value is -1.97. The quantitative estimate of drug-likeness (QED) is 0.0211. The minimum Gasteiger partial charge on any atom is -0.477 e. The number of hydrogen-bond donors (Lipinski definition) is 1. The third-order valence-corrected chi connectivity index (χ3v) is 19.0. The molecule has 9 heteroatoms. The van der Waals surface area contributed by atoms with Crippen molar-refractivity contribution in [3.8, 4) is 0 Å². The van der Waals surface area contributed by atoms with Crippen molar-refractivity contribution in [3.05, 3.63) is 12.2 Å². The summed E-state index contributed by atoms with van der Waals surface area (Å²) in [5.41, 5.74) is 0. The van der Waals surface area contributed by atoms with Gasteiger partial charge in [-0.3, -0.25) is 9.59 Å². The summed E-state index contributed by atoms with van der Waals surface area (Å²) >= 11 is 0. The lowest BCUT2D eigenvalue weighted by atomic mass is 10.0. The van der Waals surface area contributed by atoms with Crippen LogP contribution in [0.2, 0.25) is 0 Å². The first kappa shape index (κ1) is 89.0. The normalized spacial score (nSPS) is 12.6. The highest BCUT2D eigenvalue weighted by Gasteiger charge is 2.25. The van der Waals surface area contributed by atoms with Crippen molar-refractivity contribution in [1.82, 2.24) is 0 Å². The summed E-state index contributed by atoms with van der Waals surface area (Å²) < 4.78 is 23.1. The van der Waals surface area contributed by atoms with Gasteiger partial charge in [0.2, 0.25) is 0 Å². The predicted molar refractivity (Wildman–Crippen MR) is 392 cm³/mol. The van der Waals surface area contributed by atoms with Crippen molar-refractivity contribution in [2.75, 3.05) is 47.5 Å². The molecule has 91 heavy (non-hydrogen) atoms. The summed E-state index contributed by atoms with van der Waals surface area (Å²) in [5.74, 6) is -1.97. The Labute approximate surface area is 567 Å². The molecule has 0 aromatic rings. The molecule has 0 aliphatic rings. The Morgan fingerprint density at radius 1 is 0.319 bits per heavy atom. The topological polar surface area (TPSA) is 108 Å². The van der Waals surface area contributed by atoms with E-state index in [9.17, 15) is 19.5 Å². The van der Waals surface area contributed by atoms with E-state index in [2.05, 4.69) is 26.0 Å². The Kier molecular flexibility index (Phi) is 72.2. The SMILES string of the molecule is CCCCCCCCCC/C=C\CCCCCCCCCCCCCCCC(=O)OC(COC(=O)CCCCCCCCCCCCCCCCCCCCCCCCCCCCCCCCCCCCCCCCCCC)COC(OCC[N+](C)(C)C)C(=O)O. The zero-order valence-corrected chi connectivity index (χ0v) is 62.1. The molecular weight excluding hydrogens is 1130 g/mol. The molecule has 0 heterocycles. The number of carboxylic acids is 1. The van der Waals surface area contributed by atoms with Crippen LogP contribution in [0.1, 0.15) is 438 Å². The molecule has 1 N–H and O–H groups in total. The Morgan fingerprint density at radius 3 is 0.813 bits per heavy atom. The molecule has 0 aromatic heterocycles. The van der Waals surface area contributed by atoms with Crippen LogP contribution in [0, 0.1) is 0 Å². The minimum absolute atomic E-state index is 0.174. The predicted octanol–water partition coefficient (Wildman–Crippen LogP) is 25.9. The molecule has 0 spiro atoms. The van der Waals surface area contributed by atoms with Crippen LogP contribution in [-0.2, 0) is 33.3 Å². The fourth-order valence-electron chi connectivity index (χ4n) is 12.8. The maximum atomic E-state index is 13.0. The van der Waals surface area contributed by atoms with Gasteiger partial charge in [-0.05, 0) is 38.5 Å². The second kappa shape index (κ2) is 73.8. The zero-order chi connectivity index (χ0) is 66.1. The molecule has 2 atom stereocenters. The Balaban J connectivity index is 3.89. The minimum atomic E-state index is -1.51. The van der Waals surface area contributed by atoms with Gasteiger partial charge >= 0.3 is 17.9 Å². The third-order valence-electron chi connectivity index (χ3n) is 19.0. The van der Waals surface area contributed by atoms with Gasteiger partial charge in [0.1, 0.15) is 13.2 Å². The molecule has 0 radical (unpaired) electrons. The van der Waals surface area contributed by atoms with E-state index in [1.807, 2.05) is 21.1 Å². The lowest BCUT2D eigenvalue weighted by Crippen LogP contribution is -2.40. The number of likely N-dealkylation sites (N-methyl/N-ethyl adjacent to an activating group) is 1. The van der Waals surface area contributed by atoms with Crippen molar-refractivity contribution in [3.63, 3.8) is 0 Å². The van der Waals surface area contributed by atoms with Gasteiger partial charge in [0, 0.05) is 12.8 Å². The average molecular weight is 1290 g/mol. The van der Waals surface area contributed by atoms with Gasteiger partial charge in [0.05, 0.1) is 34.4 Å². The van der Waals surface area contributed by atoms with Gasteiger partial charge in [0.15, 0.2) is 6.10 Å². The molecule has 0 bridgehead atoms. The van der Waals surface area contributed by atoms with E-state index in [4.69, 9.17) is 18.9 Å². The van der Waals surface area contributed by atoms with Crippen molar-refractivity contribution in [2.45, 2.75) is 450 Å². The van der Waals surface area contributed by atoms with Gasteiger partial charge in [-0.25, -0.2) is 4.79 Å². The van der Waals surface area contributed by atoms with Gasteiger partial charge < -0.3 is 28.5 Å². The number of allylic oxidation sites excluding steroid dienone is 2. The molecule has 0 rings (SSSR count). The third kappa shape index (κ3) is 75.3. The molecule has 0 aliphatic carbocycles. The van der Waals surface area contributed by atoms with Crippen LogP contribution in [0.15, 0.2) is 12.2 Å². The second-order valence-corrected chi connectivity index (χ2v) is 29.4. The van der Waals surface area contributed by atoms with Crippen LogP contribution in [0.4, 0.5) is 0 Å². The van der Waals surface area contributed by atoms with Crippen LogP contribution < -0.4 is 0 Å². The van der Waals surface area contributed by atoms with E-state index in [0.717, 1.165) is 38.5 Å². The first-order chi connectivity index (χ1) is 44.6. The van der Waals surface area contributed by atoms with Crippen LogP contribution in [0.25, 0.3) is 0 Å². The molecule has 0 aliphatic heterocycles. The van der Waals surface area contributed by atoms with E-state index < -0.39 is 18.4 Å². The van der Waals surface area contributed by atoms with E-state index in [1.54, 1.807) is 0 Å². The molecule has 540 valence electrons. The van der Waals surface area contributed by atoms with Gasteiger partial charge in [-0.1, -0.05) is 398 Å². The summed E-state index contributed by atoms with van der Waals surface area (Å²) in [6, 6.07) is 0. The molecule has 0 fully saturated rings. The summed E-state index contributed by atoms with van der Waals surface area (Å²) in [5, 5.41) is 9.77. The number of nitrogens with zero attached hydrogens (tertiary/aromatic N) is 1. The fourth-order valence-corrected chi connectivity index (χ4v) is 12.8. The van der Waals surface area contributed by atoms with Crippen LogP contribution >= 0.6 is 0 Å². The number of unbranched alkanes of at least 4 members (excludes halogenated alkanes) is 61. The van der Waals surface area contributed by atoms with Gasteiger partial charge in [0.25, 0.3) is 6.29 Å². The second-order valence-electron chi connectivity index (χ2n) is 29.4. The maximum Gasteiger partial charge on any atom is 0.361 e. The van der Waals surface area contributed by atoms with Crippen molar-refractivity contribution in [1.29, 1.82) is 0 Å². The Bertz CT molecular complexity index is 1500. The lowest BCUT2D eigenvalue weighted by molar-refractivity contribution is -0.870. The number of ether oxygens (including phenoxy) is 4. The zero-order valence-electron chi connectivity index (χ0n) is 62.1. The van der Waals surface area contributed by atoms with Crippen LogP contribution in [0.3, 0.4) is 0 Å². The first-order valence-corrected chi connectivity index (χ1v) is 40.9. The molecule has 0 saturated carbocycles. The summed E-state index contributed by atoms with van der Waals surface area (Å²) in [6.45, 7) is 4.97. The van der Waals surface area contributed by atoms with Gasteiger partial charge in [-0.15, -0.1) is 0 Å². The standard InChI is InChI=1S/C82H159NO8/c1-6-8-10-12-14-16-18-20-22-24-26-28-30-32-33-34-35-36-37-38-39-40-41-42-43-44-45-46-47-49-50-52-54-56-58-60-62-64-66-68-70-72-79(84)89-76-78(77-90-82(81(86)87)88-75-74-83(3,4)5)91-80(85)73-71-69-67-65-63-61-59-57-55-53-51-48-31-29-27-25-23-21-19-17-15-13-11-9-7-2/h25,27,78,82H,6-24,26,28-77H2,1-5H3/p+1/b27-25-. The number of carbonyl (C=O) groups excluding carboxylic acids is 2. The first-order valence-electron chi connectivity index (χ1n) is 40.9. The molecule has 2 unspecified atom stereocenters. The number of aliphatic carboxylic acids is 1. The van der Waals surface area contributed by atoms with E-state index in [0.29, 0.717) is 17.4 Å². The average Bonchev–Trinajstić information content (AvgIpc) is 3.46. The number of carboxylic acid groups (broad SMARTS) is 1. The summed E-state index contributed by atoms with van der Waals surface area (Å²) in [6.07, 6.45) is 89.6.